The minimum Gasteiger partial charge on any atom is -0.322 e. The highest BCUT2D eigenvalue weighted by atomic mass is 32.1. The third-order valence-corrected chi connectivity index (χ3v) is 6.76. The first-order chi connectivity index (χ1) is 14.6. The number of hydrogen-bond donors (Lipinski definition) is 0. The fourth-order valence-corrected chi connectivity index (χ4v) is 5.08. The molecule has 0 spiro atoms. The van der Waals surface area contributed by atoms with Crippen LogP contribution in [-0.4, -0.2) is 34.7 Å². The second-order valence-corrected chi connectivity index (χ2v) is 8.73. The van der Waals surface area contributed by atoms with Gasteiger partial charge in [-0.3, -0.25) is 14.4 Å². The average molecular weight is 422 g/mol. The van der Waals surface area contributed by atoms with Crippen molar-refractivity contribution in [1.29, 1.82) is 5.26 Å². The molecule has 3 amide bonds. The zero-order valence-electron chi connectivity index (χ0n) is 16.6. The lowest BCUT2D eigenvalue weighted by Crippen LogP contribution is -2.50. The number of rotatable bonds is 4. The quantitative estimate of drug-likeness (QED) is 0.549. The lowest BCUT2D eigenvalue weighted by atomic mass is 10.0. The number of nitrogens with zero attached hydrogens (tertiary/aromatic N) is 3. The maximum absolute atomic E-state index is 13.4. The van der Waals surface area contributed by atoms with E-state index in [0.717, 1.165) is 43.4 Å². The van der Waals surface area contributed by atoms with Crippen molar-refractivity contribution in [2.45, 2.75) is 57.0 Å². The van der Waals surface area contributed by atoms with Gasteiger partial charge in [0.25, 0.3) is 11.8 Å². The van der Waals surface area contributed by atoms with Gasteiger partial charge in [-0.15, -0.1) is 11.3 Å². The molecular weight excluding hydrogens is 398 g/mol. The third kappa shape index (κ3) is 3.88. The monoisotopic (exact) mass is 421 g/mol. The Bertz CT molecular complexity index is 970. The van der Waals surface area contributed by atoms with E-state index in [4.69, 9.17) is 5.26 Å². The predicted octanol–water partition coefficient (Wildman–Crippen LogP) is 4.12. The summed E-state index contributed by atoms with van der Waals surface area (Å²) in [6.45, 7) is 0. The van der Waals surface area contributed by atoms with E-state index in [9.17, 15) is 14.4 Å². The highest BCUT2D eigenvalue weighted by Crippen LogP contribution is 2.32. The molecule has 1 unspecified atom stereocenters. The fourth-order valence-electron chi connectivity index (χ4n) is 4.41. The Hall–Kier alpha value is -2.98. The zero-order valence-corrected chi connectivity index (χ0v) is 17.4. The van der Waals surface area contributed by atoms with Crippen LogP contribution in [0.3, 0.4) is 0 Å². The van der Waals surface area contributed by atoms with Crippen LogP contribution in [0.5, 0.6) is 0 Å². The molecule has 0 radical (unpaired) electrons. The molecule has 0 bridgehead atoms. The number of thiophene rings is 1. The average Bonchev–Trinajstić information content (AvgIpc) is 3.30. The number of benzene rings is 1. The van der Waals surface area contributed by atoms with Crippen molar-refractivity contribution in [2.24, 2.45) is 0 Å². The zero-order chi connectivity index (χ0) is 21.1. The van der Waals surface area contributed by atoms with Gasteiger partial charge in [-0.05, 0) is 48.6 Å². The Morgan fingerprint density at radius 1 is 1.07 bits per heavy atom. The number of hydrogen-bond acceptors (Lipinski definition) is 5. The molecule has 2 fully saturated rings. The molecule has 1 aliphatic carbocycles. The molecule has 7 heteroatoms. The summed E-state index contributed by atoms with van der Waals surface area (Å²) in [5, 5.41) is 10.8. The summed E-state index contributed by atoms with van der Waals surface area (Å²) in [5.41, 5.74) is 0.901. The van der Waals surface area contributed by atoms with Crippen LogP contribution in [0.2, 0.25) is 0 Å². The van der Waals surface area contributed by atoms with Crippen molar-refractivity contribution in [2.75, 3.05) is 4.90 Å². The lowest BCUT2D eigenvalue weighted by molar-refractivity contribution is -0.123. The van der Waals surface area contributed by atoms with Crippen LogP contribution in [0.25, 0.3) is 0 Å². The largest absolute Gasteiger partial charge is 0.322 e. The predicted molar refractivity (Wildman–Crippen MR) is 114 cm³/mol. The van der Waals surface area contributed by atoms with Gasteiger partial charge in [-0.25, -0.2) is 4.90 Å². The standard InChI is InChI=1S/C23H23N3O3S/c24-15-16-9-11-18(12-10-16)26-21(27)14-19(22(26)28)25(17-6-3-1-2-4-7-17)23(29)20-8-5-13-30-20/h5,8-13,17,19H,1-4,6-7,14H2. The van der Waals surface area contributed by atoms with Gasteiger partial charge in [-0.1, -0.05) is 31.7 Å². The molecule has 1 saturated heterocycles. The van der Waals surface area contributed by atoms with E-state index in [2.05, 4.69) is 0 Å². The van der Waals surface area contributed by atoms with Crippen molar-refractivity contribution < 1.29 is 14.4 Å². The summed E-state index contributed by atoms with van der Waals surface area (Å²) >= 11 is 1.36. The molecule has 2 heterocycles. The first kappa shape index (κ1) is 20.3. The van der Waals surface area contributed by atoms with E-state index >= 15 is 0 Å². The lowest BCUT2D eigenvalue weighted by Gasteiger charge is -2.34. The van der Waals surface area contributed by atoms with Crippen LogP contribution in [-0.2, 0) is 9.59 Å². The number of carbonyl (C=O) groups is 3. The van der Waals surface area contributed by atoms with Gasteiger partial charge >= 0.3 is 0 Å². The van der Waals surface area contributed by atoms with Gasteiger partial charge < -0.3 is 4.90 Å². The van der Waals surface area contributed by atoms with Crippen molar-refractivity contribution in [3.63, 3.8) is 0 Å². The van der Waals surface area contributed by atoms with Crippen LogP contribution in [0.15, 0.2) is 41.8 Å². The molecule has 2 aliphatic rings. The molecule has 154 valence electrons. The van der Waals surface area contributed by atoms with Crippen molar-refractivity contribution in [1.82, 2.24) is 4.90 Å². The van der Waals surface area contributed by atoms with Gasteiger partial charge in [0.05, 0.1) is 28.6 Å². The third-order valence-electron chi connectivity index (χ3n) is 5.90. The van der Waals surface area contributed by atoms with Crippen LogP contribution in [0, 0.1) is 11.3 Å². The molecule has 1 atom stereocenters. The highest BCUT2D eigenvalue weighted by molar-refractivity contribution is 7.12. The van der Waals surface area contributed by atoms with E-state index in [0.29, 0.717) is 16.1 Å². The van der Waals surface area contributed by atoms with E-state index in [1.807, 2.05) is 17.5 Å². The number of carbonyl (C=O) groups excluding carboxylic acids is 3. The Balaban J connectivity index is 1.66. The minimum atomic E-state index is -0.786. The van der Waals surface area contributed by atoms with Gasteiger partial charge in [0.15, 0.2) is 0 Å². The van der Waals surface area contributed by atoms with Crippen molar-refractivity contribution in [3.05, 3.63) is 52.2 Å². The molecule has 0 N–H and O–H groups in total. The molecular formula is C23H23N3O3S. The highest BCUT2D eigenvalue weighted by Gasteiger charge is 2.46. The summed E-state index contributed by atoms with van der Waals surface area (Å²) in [6.07, 6.45) is 6.00. The summed E-state index contributed by atoms with van der Waals surface area (Å²) in [6, 6.07) is 11.2. The Morgan fingerprint density at radius 3 is 2.37 bits per heavy atom. The topological polar surface area (TPSA) is 81.5 Å². The molecule has 1 aliphatic heterocycles. The molecule has 30 heavy (non-hydrogen) atoms. The van der Waals surface area contributed by atoms with Gasteiger partial charge in [0.2, 0.25) is 5.91 Å². The second kappa shape index (κ2) is 8.80. The molecule has 6 nitrogen and oxygen atoms in total. The summed E-state index contributed by atoms with van der Waals surface area (Å²) in [4.78, 5) is 43.0. The Kier molecular flexibility index (Phi) is 5.96. The number of anilines is 1. The molecule has 1 aromatic heterocycles. The van der Waals surface area contributed by atoms with E-state index in [1.165, 1.54) is 11.3 Å². The van der Waals surface area contributed by atoms with Gasteiger partial charge in [0, 0.05) is 6.04 Å². The first-order valence-electron chi connectivity index (χ1n) is 10.3. The number of nitriles is 1. The van der Waals surface area contributed by atoms with Crippen molar-refractivity contribution >= 4 is 34.7 Å². The second-order valence-electron chi connectivity index (χ2n) is 7.78. The number of imide groups is 1. The minimum absolute atomic E-state index is 0.00749. The van der Waals surface area contributed by atoms with Gasteiger partial charge in [-0.2, -0.15) is 5.26 Å². The summed E-state index contributed by atoms with van der Waals surface area (Å²) in [7, 11) is 0. The van der Waals surface area contributed by atoms with Crippen molar-refractivity contribution in [3.8, 4) is 6.07 Å². The fraction of sp³-hybridized carbons (Fsp3) is 0.391. The molecule has 2 aromatic rings. The van der Waals surface area contributed by atoms with E-state index in [-0.39, 0.29) is 30.2 Å². The first-order valence-corrected chi connectivity index (χ1v) is 11.2. The van der Waals surface area contributed by atoms with Crippen LogP contribution in [0.1, 0.15) is 60.2 Å². The molecule has 4 rings (SSSR count). The smallest absolute Gasteiger partial charge is 0.264 e. The maximum Gasteiger partial charge on any atom is 0.264 e. The molecule has 1 saturated carbocycles. The maximum atomic E-state index is 13.4. The van der Waals surface area contributed by atoms with Crippen LogP contribution >= 0.6 is 11.3 Å². The van der Waals surface area contributed by atoms with Gasteiger partial charge in [0.1, 0.15) is 6.04 Å². The Labute approximate surface area is 179 Å². The Morgan fingerprint density at radius 2 is 1.77 bits per heavy atom. The number of amides is 3. The van der Waals surface area contributed by atoms with Crippen LogP contribution < -0.4 is 4.90 Å². The summed E-state index contributed by atoms with van der Waals surface area (Å²) < 4.78 is 0. The van der Waals surface area contributed by atoms with Crippen LogP contribution in [0.4, 0.5) is 5.69 Å². The normalized spacial score (nSPS) is 20.1. The van der Waals surface area contributed by atoms with E-state index < -0.39 is 6.04 Å². The summed E-state index contributed by atoms with van der Waals surface area (Å²) in [5.74, 6) is -0.837. The van der Waals surface area contributed by atoms with E-state index in [1.54, 1.807) is 35.2 Å². The molecule has 1 aromatic carbocycles. The SMILES string of the molecule is N#Cc1ccc(N2C(=O)CC(N(C(=O)c3cccs3)C3CCCCCC3)C2=O)cc1.